The maximum absolute atomic E-state index is 12.6. The first kappa shape index (κ1) is 22.1. The second-order valence-electron chi connectivity index (χ2n) is 8.12. The summed E-state index contributed by atoms with van der Waals surface area (Å²) in [5.74, 6) is 0.0762. The van der Waals surface area contributed by atoms with Crippen molar-refractivity contribution >= 4 is 29.2 Å². The van der Waals surface area contributed by atoms with Crippen molar-refractivity contribution in [2.24, 2.45) is 5.92 Å². The van der Waals surface area contributed by atoms with Crippen LogP contribution >= 0.6 is 0 Å². The highest BCUT2D eigenvalue weighted by molar-refractivity contribution is 5.99. The predicted molar refractivity (Wildman–Crippen MR) is 124 cm³/mol. The highest BCUT2D eigenvalue weighted by Crippen LogP contribution is 2.21. The minimum absolute atomic E-state index is 0.0580. The average Bonchev–Trinajstić information content (AvgIpc) is 3.42. The molecule has 4 amide bonds. The van der Waals surface area contributed by atoms with Crippen LogP contribution in [0.1, 0.15) is 23.3 Å². The summed E-state index contributed by atoms with van der Waals surface area (Å²) in [5.41, 5.74) is 3.22. The maximum Gasteiger partial charge on any atom is 0.323 e. The van der Waals surface area contributed by atoms with Gasteiger partial charge < -0.3 is 25.3 Å². The Morgan fingerprint density at radius 2 is 1.79 bits per heavy atom. The molecule has 0 spiro atoms. The molecule has 0 aliphatic carbocycles. The molecule has 1 aliphatic rings. The Balaban J connectivity index is 1.27. The van der Waals surface area contributed by atoms with Crippen LogP contribution < -0.4 is 16.0 Å². The molecule has 8 nitrogen and oxygen atoms in total. The van der Waals surface area contributed by atoms with Gasteiger partial charge in [-0.1, -0.05) is 24.3 Å². The smallest absolute Gasteiger partial charge is 0.323 e. The van der Waals surface area contributed by atoms with Crippen LogP contribution in [-0.4, -0.2) is 29.3 Å². The Morgan fingerprint density at radius 1 is 1.03 bits per heavy atom. The van der Waals surface area contributed by atoms with E-state index in [9.17, 15) is 14.4 Å². The summed E-state index contributed by atoms with van der Waals surface area (Å²) in [6.07, 6.45) is 1.75. The fourth-order valence-electron chi connectivity index (χ4n) is 3.80. The predicted octanol–water partition coefficient (Wildman–Crippen LogP) is 3.90. The Kier molecular flexibility index (Phi) is 6.73. The number of carbonyl (C=O) groups is 3. The van der Waals surface area contributed by atoms with Gasteiger partial charge in [0, 0.05) is 30.9 Å². The van der Waals surface area contributed by atoms with Crippen LogP contribution in [0.3, 0.4) is 0 Å². The van der Waals surface area contributed by atoms with E-state index in [1.807, 2.05) is 49.4 Å². The third-order valence-corrected chi connectivity index (χ3v) is 5.44. The van der Waals surface area contributed by atoms with Crippen LogP contribution in [-0.2, 0) is 22.7 Å². The van der Waals surface area contributed by atoms with Gasteiger partial charge in [-0.25, -0.2) is 4.79 Å². The number of benzene rings is 2. The van der Waals surface area contributed by atoms with E-state index in [0.29, 0.717) is 36.8 Å². The first-order chi connectivity index (χ1) is 16.0. The van der Waals surface area contributed by atoms with Crippen molar-refractivity contribution in [1.82, 2.24) is 10.2 Å². The molecule has 0 bridgehead atoms. The van der Waals surface area contributed by atoms with E-state index in [4.69, 9.17) is 4.42 Å². The monoisotopic (exact) mass is 446 g/mol. The molecule has 0 radical (unpaired) electrons. The van der Waals surface area contributed by atoms with Crippen molar-refractivity contribution in [1.29, 1.82) is 0 Å². The van der Waals surface area contributed by atoms with Crippen LogP contribution in [0.5, 0.6) is 0 Å². The molecule has 2 heterocycles. The van der Waals surface area contributed by atoms with Gasteiger partial charge in [-0.05, 0) is 54.4 Å². The van der Waals surface area contributed by atoms with Gasteiger partial charge in [-0.2, -0.15) is 0 Å². The molecule has 1 aromatic heterocycles. The number of likely N-dealkylation sites (tertiary alicyclic amines) is 1. The summed E-state index contributed by atoms with van der Waals surface area (Å²) in [6.45, 7) is 3.00. The number of anilines is 2. The highest BCUT2D eigenvalue weighted by atomic mass is 16.3. The van der Waals surface area contributed by atoms with E-state index >= 15 is 0 Å². The Morgan fingerprint density at radius 3 is 2.52 bits per heavy atom. The number of nitrogens with zero attached hydrogens (tertiary/aromatic N) is 1. The molecular formula is C25H26N4O4. The Bertz CT molecular complexity index is 1140. The molecule has 3 aromatic rings. The average molecular weight is 447 g/mol. The number of rotatable bonds is 7. The lowest BCUT2D eigenvalue weighted by Crippen LogP contribution is -2.32. The lowest BCUT2D eigenvalue weighted by molar-refractivity contribution is -0.129. The molecule has 1 atom stereocenters. The van der Waals surface area contributed by atoms with Crippen molar-refractivity contribution in [3.63, 3.8) is 0 Å². The van der Waals surface area contributed by atoms with Gasteiger partial charge >= 0.3 is 6.03 Å². The molecule has 0 saturated carbocycles. The Hall–Kier alpha value is -4.07. The third-order valence-electron chi connectivity index (χ3n) is 5.44. The van der Waals surface area contributed by atoms with E-state index in [1.165, 1.54) is 0 Å². The second-order valence-corrected chi connectivity index (χ2v) is 8.12. The summed E-state index contributed by atoms with van der Waals surface area (Å²) < 4.78 is 5.29. The molecular weight excluding hydrogens is 420 g/mol. The quantitative estimate of drug-likeness (QED) is 0.512. The van der Waals surface area contributed by atoms with E-state index < -0.39 is 5.92 Å². The summed E-state index contributed by atoms with van der Waals surface area (Å²) in [5, 5.41) is 8.50. The topological polar surface area (TPSA) is 104 Å². The lowest BCUT2D eigenvalue weighted by Gasteiger charge is -2.15. The number of hydrogen-bond acceptors (Lipinski definition) is 4. The molecule has 8 heteroatoms. The summed E-state index contributed by atoms with van der Waals surface area (Å²) in [6, 6.07) is 18.0. The fourth-order valence-corrected chi connectivity index (χ4v) is 3.80. The van der Waals surface area contributed by atoms with Crippen LogP contribution in [0.15, 0.2) is 71.3 Å². The molecule has 33 heavy (non-hydrogen) atoms. The Labute approximate surface area is 192 Å². The first-order valence-electron chi connectivity index (χ1n) is 10.8. The standard InChI is InChI=1S/C25H26N4O4/c1-17-5-2-7-20(11-17)27-25(32)28-21-8-3-6-18(12-21)14-26-24(31)19-13-23(30)29(15-19)16-22-9-4-10-33-22/h2-12,19H,13-16H2,1H3,(H,26,31)(H2,27,28,32). The van der Waals surface area contributed by atoms with Gasteiger partial charge in [0.15, 0.2) is 0 Å². The van der Waals surface area contributed by atoms with Gasteiger partial charge in [0.05, 0.1) is 18.7 Å². The van der Waals surface area contributed by atoms with Crippen molar-refractivity contribution < 1.29 is 18.8 Å². The number of urea groups is 1. The molecule has 3 N–H and O–H groups in total. The number of hydrogen-bond donors (Lipinski definition) is 3. The molecule has 1 saturated heterocycles. The second kappa shape index (κ2) is 10.0. The van der Waals surface area contributed by atoms with Crippen LogP contribution in [0.25, 0.3) is 0 Å². The fraction of sp³-hybridized carbons (Fsp3) is 0.240. The normalized spacial score (nSPS) is 15.4. The summed E-state index contributed by atoms with van der Waals surface area (Å²) >= 11 is 0. The summed E-state index contributed by atoms with van der Waals surface area (Å²) in [7, 11) is 0. The van der Waals surface area contributed by atoms with E-state index in [-0.39, 0.29) is 24.3 Å². The molecule has 4 rings (SSSR count). The summed E-state index contributed by atoms with van der Waals surface area (Å²) in [4.78, 5) is 38.8. The SMILES string of the molecule is Cc1cccc(NC(=O)Nc2cccc(CNC(=O)C3CC(=O)N(Cc4ccco4)C3)c2)c1. The van der Waals surface area contributed by atoms with Gasteiger partial charge in [0.2, 0.25) is 11.8 Å². The van der Waals surface area contributed by atoms with E-state index in [2.05, 4.69) is 16.0 Å². The largest absolute Gasteiger partial charge is 0.467 e. The number of furan rings is 1. The zero-order valence-corrected chi connectivity index (χ0v) is 18.3. The lowest BCUT2D eigenvalue weighted by atomic mass is 10.1. The molecule has 1 fully saturated rings. The molecule has 170 valence electrons. The van der Waals surface area contributed by atoms with E-state index in [0.717, 1.165) is 11.1 Å². The van der Waals surface area contributed by atoms with Crippen molar-refractivity contribution in [3.05, 3.63) is 83.8 Å². The van der Waals surface area contributed by atoms with Gasteiger partial charge in [0.1, 0.15) is 5.76 Å². The highest BCUT2D eigenvalue weighted by Gasteiger charge is 2.34. The third kappa shape index (κ3) is 6.00. The van der Waals surface area contributed by atoms with Crippen LogP contribution in [0.4, 0.5) is 16.2 Å². The van der Waals surface area contributed by atoms with Crippen molar-refractivity contribution in [2.75, 3.05) is 17.2 Å². The van der Waals surface area contributed by atoms with Gasteiger partial charge in [-0.3, -0.25) is 9.59 Å². The minimum atomic E-state index is -0.395. The van der Waals surface area contributed by atoms with Crippen LogP contribution in [0.2, 0.25) is 0 Å². The van der Waals surface area contributed by atoms with Crippen molar-refractivity contribution in [3.8, 4) is 0 Å². The number of amides is 4. The number of carbonyl (C=O) groups excluding carboxylic acids is 3. The zero-order chi connectivity index (χ0) is 23.2. The van der Waals surface area contributed by atoms with Gasteiger partial charge in [0.25, 0.3) is 0 Å². The van der Waals surface area contributed by atoms with Crippen molar-refractivity contribution in [2.45, 2.75) is 26.4 Å². The molecule has 2 aromatic carbocycles. The minimum Gasteiger partial charge on any atom is -0.467 e. The van der Waals surface area contributed by atoms with Crippen LogP contribution in [0, 0.1) is 12.8 Å². The maximum atomic E-state index is 12.6. The van der Waals surface area contributed by atoms with E-state index in [1.54, 1.807) is 29.4 Å². The van der Waals surface area contributed by atoms with Gasteiger partial charge in [-0.15, -0.1) is 0 Å². The number of nitrogens with one attached hydrogen (secondary N) is 3. The number of aryl methyl sites for hydroxylation is 1. The molecule has 1 unspecified atom stereocenters. The molecule has 1 aliphatic heterocycles. The first-order valence-corrected chi connectivity index (χ1v) is 10.8. The zero-order valence-electron chi connectivity index (χ0n) is 18.3.